The van der Waals surface area contributed by atoms with E-state index in [1.54, 1.807) is 0 Å². The Kier molecular flexibility index (Phi) is 7.25. The first-order valence-corrected chi connectivity index (χ1v) is 11.2. The Bertz CT molecular complexity index is 1200. The second kappa shape index (κ2) is 10.7. The summed E-state index contributed by atoms with van der Waals surface area (Å²) in [4.78, 5) is 17.0. The molecule has 0 fully saturated rings. The molecule has 170 valence electrons. The van der Waals surface area contributed by atoms with Crippen molar-refractivity contribution in [3.05, 3.63) is 89.7 Å². The molecule has 0 unspecified atom stereocenters. The Morgan fingerprint density at radius 1 is 0.909 bits per heavy atom. The normalized spacial score (nSPS) is 10.8. The van der Waals surface area contributed by atoms with Crippen molar-refractivity contribution in [2.24, 2.45) is 0 Å². The quantitative estimate of drug-likeness (QED) is 0.357. The van der Waals surface area contributed by atoms with E-state index in [1.165, 1.54) is 11.1 Å². The van der Waals surface area contributed by atoms with Gasteiger partial charge in [-0.3, -0.25) is 4.79 Å². The Morgan fingerprint density at radius 3 is 2.42 bits per heavy atom. The van der Waals surface area contributed by atoms with Crippen LogP contribution in [0.4, 0.5) is 0 Å². The fourth-order valence-electron chi connectivity index (χ4n) is 3.83. The standard InChI is InChI=1S/C27H29N3O3/c1-20-15-21(2)17-23(16-20)32-14-8-13-30-25-12-7-6-11-24(25)29-26(30)18-28-27(31)19-33-22-9-4-3-5-10-22/h3-7,9-12,15-17H,8,13-14,18-19H2,1-2H3,(H,28,31). The van der Waals surface area contributed by atoms with Crippen molar-refractivity contribution in [2.75, 3.05) is 13.2 Å². The second-order valence-corrected chi connectivity index (χ2v) is 8.07. The third-order valence-electron chi connectivity index (χ3n) is 5.28. The van der Waals surface area contributed by atoms with E-state index in [2.05, 4.69) is 48.0 Å². The highest BCUT2D eigenvalue weighted by molar-refractivity contribution is 5.78. The van der Waals surface area contributed by atoms with Crippen molar-refractivity contribution < 1.29 is 14.3 Å². The number of para-hydroxylation sites is 3. The molecule has 0 radical (unpaired) electrons. The van der Waals surface area contributed by atoms with Crippen LogP contribution in [0.1, 0.15) is 23.4 Å². The van der Waals surface area contributed by atoms with E-state index < -0.39 is 0 Å². The van der Waals surface area contributed by atoms with Gasteiger partial charge >= 0.3 is 0 Å². The number of nitrogens with one attached hydrogen (secondary N) is 1. The number of ether oxygens (including phenoxy) is 2. The summed E-state index contributed by atoms with van der Waals surface area (Å²) in [6.07, 6.45) is 0.825. The van der Waals surface area contributed by atoms with Gasteiger partial charge in [0.1, 0.15) is 17.3 Å². The van der Waals surface area contributed by atoms with Gasteiger partial charge in [-0.2, -0.15) is 0 Å². The summed E-state index contributed by atoms with van der Waals surface area (Å²) in [5, 5.41) is 2.92. The van der Waals surface area contributed by atoms with Crippen molar-refractivity contribution in [1.29, 1.82) is 0 Å². The molecule has 1 N–H and O–H groups in total. The fourth-order valence-corrected chi connectivity index (χ4v) is 3.83. The molecule has 0 bridgehead atoms. The third-order valence-corrected chi connectivity index (χ3v) is 5.28. The summed E-state index contributed by atoms with van der Waals surface area (Å²) in [6, 6.07) is 23.6. The van der Waals surface area contributed by atoms with Gasteiger partial charge in [0.15, 0.2) is 6.61 Å². The highest BCUT2D eigenvalue weighted by Crippen LogP contribution is 2.19. The topological polar surface area (TPSA) is 65.4 Å². The van der Waals surface area contributed by atoms with E-state index in [-0.39, 0.29) is 12.5 Å². The van der Waals surface area contributed by atoms with Crippen molar-refractivity contribution >= 4 is 16.9 Å². The molecule has 1 amide bonds. The van der Waals surface area contributed by atoms with Crippen LogP contribution in [0.25, 0.3) is 11.0 Å². The number of aryl methyl sites for hydroxylation is 3. The second-order valence-electron chi connectivity index (χ2n) is 8.07. The number of hydrogen-bond donors (Lipinski definition) is 1. The Hall–Kier alpha value is -3.80. The largest absolute Gasteiger partial charge is 0.494 e. The number of carbonyl (C=O) groups is 1. The van der Waals surface area contributed by atoms with Crippen LogP contribution in [0, 0.1) is 13.8 Å². The van der Waals surface area contributed by atoms with Crippen LogP contribution >= 0.6 is 0 Å². The monoisotopic (exact) mass is 443 g/mol. The maximum absolute atomic E-state index is 12.3. The SMILES string of the molecule is Cc1cc(C)cc(OCCCn2c(CNC(=O)COc3ccccc3)nc3ccccc32)c1. The summed E-state index contributed by atoms with van der Waals surface area (Å²) < 4.78 is 13.6. The molecule has 1 heterocycles. The first kappa shape index (κ1) is 22.4. The van der Waals surface area contributed by atoms with Gasteiger partial charge in [-0.1, -0.05) is 36.4 Å². The molecule has 33 heavy (non-hydrogen) atoms. The van der Waals surface area contributed by atoms with Gasteiger partial charge in [-0.25, -0.2) is 4.98 Å². The van der Waals surface area contributed by atoms with Crippen LogP contribution < -0.4 is 14.8 Å². The predicted molar refractivity (Wildman–Crippen MR) is 130 cm³/mol. The van der Waals surface area contributed by atoms with E-state index in [4.69, 9.17) is 14.5 Å². The summed E-state index contributed by atoms with van der Waals surface area (Å²) in [7, 11) is 0. The van der Waals surface area contributed by atoms with E-state index in [0.717, 1.165) is 35.6 Å². The van der Waals surface area contributed by atoms with Crippen LogP contribution in [0.2, 0.25) is 0 Å². The summed E-state index contributed by atoms with van der Waals surface area (Å²) in [6.45, 7) is 5.80. The minimum Gasteiger partial charge on any atom is -0.494 e. The summed E-state index contributed by atoms with van der Waals surface area (Å²) >= 11 is 0. The van der Waals surface area contributed by atoms with Crippen molar-refractivity contribution in [3.63, 3.8) is 0 Å². The Labute approximate surface area is 194 Å². The van der Waals surface area contributed by atoms with Gasteiger partial charge in [0.25, 0.3) is 5.91 Å². The van der Waals surface area contributed by atoms with Gasteiger partial charge in [0.05, 0.1) is 24.2 Å². The third kappa shape index (κ3) is 6.13. The van der Waals surface area contributed by atoms with Crippen LogP contribution in [0.15, 0.2) is 72.8 Å². The maximum Gasteiger partial charge on any atom is 0.258 e. The molecule has 0 aliphatic rings. The van der Waals surface area contributed by atoms with Crippen LogP contribution in [0.5, 0.6) is 11.5 Å². The molecule has 0 saturated heterocycles. The van der Waals surface area contributed by atoms with E-state index in [1.807, 2.05) is 48.5 Å². The van der Waals surface area contributed by atoms with Gasteiger partial charge in [-0.15, -0.1) is 0 Å². The van der Waals surface area contributed by atoms with Crippen molar-refractivity contribution in [2.45, 2.75) is 33.4 Å². The summed E-state index contributed by atoms with van der Waals surface area (Å²) in [5.41, 5.74) is 4.35. The van der Waals surface area contributed by atoms with Crippen LogP contribution in [-0.4, -0.2) is 28.7 Å². The van der Waals surface area contributed by atoms with Gasteiger partial charge < -0.3 is 19.4 Å². The van der Waals surface area contributed by atoms with Gasteiger partial charge in [0.2, 0.25) is 0 Å². The minimum absolute atomic E-state index is 0.0337. The zero-order valence-corrected chi connectivity index (χ0v) is 19.1. The fraction of sp³-hybridized carbons (Fsp3) is 0.259. The van der Waals surface area contributed by atoms with Crippen LogP contribution in [-0.2, 0) is 17.9 Å². The van der Waals surface area contributed by atoms with E-state index in [0.29, 0.717) is 18.9 Å². The number of nitrogens with zero attached hydrogens (tertiary/aromatic N) is 2. The lowest BCUT2D eigenvalue weighted by Crippen LogP contribution is -2.29. The molecule has 3 aromatic carbocycles. The van der Waals surface area contributed by atoms with Crippen molar-refractivity contribution in [1.82, 2.24) is 14.9 Å². The number of fused-ring (bicyclic) bond motifs is 1. The van der Waals surface area contributed by atoms with Gasteiger partial charge in [0, 0.05) is 6.54 Å². The molecule has 0 aliphatic heterocycles. The first-order chi connectivity index (χ1) is 16.1. The molecular weight excluding hydrogens is 414 g/mol. The molecule has 0 aliphatic carbocycles. The van der Waals surface area contributed by atoms with Crippen molar-refractivity contribution in [3.8, 4) is 11.5 Å². The molecule has 1 aromatic heterocycles. The minimum atomic E-state index is -0.185. The molecule has 6 nitrogen and oxygen atoms in total. The predicted octanol–water partition coefficient (Wildman–Crippen LogP) is 4.82. The lowest BCUT2D eigenvalue weighted by Gasteiger charge is -2.12. The number of hydrogen-bond acceptors (Lipinski definition) is 4. The number of benzene rings is 3. The number of carbonyl (C=O) groups excluding carboxylic acids is 1. The molecule has 6 heteroatoms. The number of rotatable bonds is 10. The molecule has 0 saturated carbocycles. The Balaban J connectivity index is 1.35. The molecule has 0 spiro atoms. The molecule has 0 atom stereocenters. The zero-order chi connectivity index (χ0) is 23.0. The lowest BCUT2D eigenvalue weighted by atomic mass is 10.1. The molecule has 4 aromatic rings. The van der Waals surface area contributed by atoms with E-state index in [9.17, 15) is 4.79 Å². The highest BCUT2D eigenvalue weighted by Gasteiger charge is 2.12. The summed E-state index contributed by atoms with van der Waals surface area (Å²) in [5.74, 6) is 2.20. The first-order valence-electron chi connectivity index (χ1n) is 11.2. The number of imidazole rings is 1. The Morgan fingerprint density at radius 2 is 1.64 bits per heavy atom. The number of aromatic nitrogens is 2. The molecular formula is C27H29N3O3. The lowest BCUT2D eigenvalue weighted by molar-refractivity contribution is -0.123. The molecule has 4 rings (SSSR count). The van der Waals surface area contributed by atoms with Crippen LogP contribution in [0.3, 0.4) is 0 Å². The average molecular weight is 444 g/mol. The highest BCUT2D eigenvalue weighted by atomic mass is 16.5. The van der Waals surface area contributed by atoms with Gasteiger partial charge in [-0.05, 0) is 67.8 Å². The number of amides is 1. The maximum atomic E-state index is 12.3. The van der Waals surface area contributed by atoms with E-state index >= 15 is 0 Å². The average Bonchev–Trinajstić information content (AvgIpc) is 3.16. The zero-order valence-electron chi connectivity index (χ0n) is 19.1. The smallest absolute Gasteiger partial charge is 0.258 e.